The smallest absolute Gasteiger partial charge is 0.251 e. The molecule has 1 heterocycles. The summed E-state index contributed by atoms with van der Waals surface area (Å²) in [6.07, 6.45) is 5.78. The largest absolute Gasteiger partial charge is 0.349 e. The van der Waals surface area contributed by atoms with Gasteiger partial charge in [-0.1, -0.05) is 66.8 Å². The fourth-order valence-corrected chi connectivity index (χ4v) is 4.70. The summed E-state index contributed by atoms with van der Waals surface area (Å²) in [5.41, 5.74) is 8.28. The first-order valence-electron chi connectivity index (χ1n) is 11.8. The molecule has 4 heteroatoms. The molecule has 0 unspecified atom stereocenters. The Hall–Kier alpha value is -3.53. The van der Waals surface area contributed by atoms with Crippen LogP contribution in [0, 0.1) is 13.8 Å². The summed E-state index contributed by atoms with van der Waals surface area (Å²) < 4.78 is 0. The Labute approximate surface area is 195 Å². The minimum Gasteiger partial charge on any atom is -0.349 e. The molecule has 5 rings (SSSR count). The van der Waals surface area contributed by atoms with Gasteiger partial charge < -0.3 is 5.32 Å². The number of hydrogen-bond acceptors (Lipinski definition) is 3. The molecule has 0 radical (unpaired) electrons. The maximum atomic E-state index is 12.9. The molecule has 0 spiro atoms. The molecule has 1 aliphatic rings. The molecule has 1 amide bonds. The number of benzene rings is 3. The average molecular weight is 436 g/mol. The molecule has 1 N–H and O–H groups in total. The molecular weight excluding hydrogens is 406 g/mol. The number of amides is 1. The van der Waals surface area contributed by atoms with E-state index in [1.165, 1.54) is 30.4 Å². The lowest BCUT2D eigenvalue weighted by Gasteiger charge is -2.22. The lowest BCUT2D eigenvalue weighted by Crippen LogP contribution is -2.36. The molecule has 0 saturated heterocycles. The third kappa shape index (κ3) is 4.65. The normalized spacial score (nSPS) is 14.4. The average Bonchev–Trinajstić information content (AvgIpc) is 2.83. The van der Waals surface area contributed by atoms with Gasteiger partial charge >= 0.3 is 0 Å². The predicted octanol–water partition coefficient (Wildman–Crippen LogP) is 6.64. The monoisotopic (exact) mass is 435 g/mol. The van der Waals surface area contributed by atoms with Crippen molar-refractivity contribution in [3.63, 3.8) is 0 Å². The number of aryl methyl sites for hydroxylation is 2. The van der Waals surface area contributed by atoms with Crippen LogP contribution in [0.5, 0.6) is 0 Å². The van der Waals surface area contributed by atoms with Gasteiger partial charge in [0.1, 0.15) is 0 Å². The summed E-state index contributed by atoms with van der Waals surface area (Å²) in [6.45, 7) is 4.17. The van der Waals surface area contributed by atoms with Crippen LogP contribution in [-0.4, -0.2) is 21.9 Å². The van der Waals surface area contributed by atoms with Crippen molar-refractivity contribution in [1.82, 2.24) is 15.3 Å². The number of nitrogens with zero attached hydrogens (tertiary/aromatic N) is 2. The van der Waals surface area contributed by atoms with Crippen LogP contribution >= 0.6 is 0 Å². The molecule has 1 aromatic heterocycles. The Morgan fingerprint density at radius 3 is 1.97 bits per heavy atom. The van der Waals surface area contributed by atoms with Crippen LogP contribution in [0.4, 0.5) is 0 Å². The van der Waals surface area contributed by atoms with Gasteiger partial charge in [-0.3, -0.25) is 4.79 Å². The Morgan fingerprint density at radius 1 is 0.758 bits per heavy atom. The van der Waals surface area contributed by atoms with Crippen molar-refractivity contribution >= 4 is 16.9 Å². The molecule has 1 saturated carbocycles. The van der Waals surface area contributed by atoms with E-state index < -0.39 is 0 Å². The highest BCUT2D eigenvalue weighted by atomic mass is 16.1. The van der Waals surface area contributed by atoms with Gasteiger partial charge in [0.25, 0.3) is 5.91 Å². The van der Waals surface area contributed by atoms with E-state index in [1.807, 2.05) is 24.3 Å². The van der Waals surface area contributed by atoms with E-state index >= 15 is 0 Å². The lowest BCUT2D eigenvalue weighted by atomic mass is 9.95. The highest BCUT2D eigenvalue weighted by molar-refractivity contribution is 5.98. The lowest BCUT2D eigenvalue weighted by molar-refractivity contribution is 0.0928. The highest BCUT2D eigenvalue weighted by Crippen LogP contribution is 2.32. The van der Waals surface area contributed by atoms with E-state index in [1.54, 1.807) is 0 Å². The topological polar surface area (TPSA) is 54.9 Å². The first-order valence-corrected chi connectivity index (χ1v) is 11.8. The molecule has 4 nitrogen and oxygen atoms in total. The number of hydrogen-bond donors (Lipinski definition) is 1. The second-order valence-electron chi connectivity index (χ2n) is 9.17. The third-order valence-electron chi connectivity index (χ3n) is 6.45. The van der Waals surface area contributed by atoms with Crippen molar-refractivity contribution in [3.8, 4) is 22.5 Å². The fourth-order valence-electron chi connectivity index (χ4n) is 4.70. The summed E-state index contributed by atoms with van der Waals surface area (Å²) >= 11 is 0. The van der Waals surface area contributed by atoms with Crippen LogP contribution in [0.15, 0.2) is 66.7 Å². The maximum Gasteiger partial charge on any atom is 0.251 e. The van der Waals surface area contributed by atoms with Crippen LogP contribution in [0.25, 0.3) is 33.5 Å². The van der Waals surface area contributed by atoms with Crippen LogP contribution in [0.2, 0.25) is 0 Å². The van der Waals surface area contributed by atoms with Crippen LogP contribution in [0.3, 0.4) is 0 Å². The van der Waals surface area contributed by atoms with Crippen molar-refractivity contribution in [3.05, 3.63) is 83.4 Å². The van der Waals surface area contributed by atoms with Crippen LogP contribution < -0.4 is 5.32 Å². The molecule has 3 aromatic carbocycles. The number of nitrogens with one attached hydrogen (secondary N) is 1. The number of rotatable bonds is 4. The van der Waals surface area contributed by atoms with Crippen molar-refractivity contribution in [2.24, 2.45) is 0 Å². The zero-order valence-corrected chi connectivity index (χ0v) is 19.3. The standard InChI is InChI=1S/C29H29N3O/c1-19-8-6-10-21(16-19)27-28(22-11-7-9-20(2)17-22)32-26-18-23(14-15-25(26)31-27)29(33)30-24-12-4-3-5-13-24/h6-11,14-18,24H,3-5,12-13H2,1-2H3,(H,30,33). The molecule has 0 bridgehead atoms. The summed E-state index contributed by atoms with van der Waals surface area (Å²) in [5.74, 6) is -0.0227. The minimum atomic E-state index is -0.0227. The SMILES string of the molecule is Cc1cccc(-c2nc3ccc(C(=O)NC4CCCCC4)cc3nc2-c2cccc(C)c2)c1. The fraction of sp³-hybridized carbons (Fsp3) is 0.276. The molecule has 33 heavy (non-hydrogen) atoms. The van der Waals surface area contributed by atoms with E-state index in [2.05, 4.69) is 61.6 Å². The summed E-state index contributed by atoms with van der Waals surface area (Å²) in [6, 6.07) is 22.6. The molecule has 1 fully saturated rings. The van der Waals surface area contributed by atoms with Crippen molar-refractivity contribution in [2.45, 2.75) is 52.0 Å². The predicted molar refractivity (Wildman–Crippen MR) is 134 cm³/mol. The molecule has 166 valence electrons. The van der Waals surface area contributed by atoms with Gasteiger partial charge in [-0.05, 0) is 57.0 Å². The first-order chi connectivity index (χ1) is 16.1. The first kappa shape index (κ1) is 21.3. The Balaban J connectivity index is 1.59. The highest BCUT2D eigenvalue weighted by Gasteiger charge is 2.18. The number of carbonyl (C=O) groups is 1. The number of fused-ring (bicyclic) bond motifs is 1. The van der Waals surface area contributed by atoms with Crippen molar-refractivity contribution in [1.29, 1.82) is 0 Å². The summed E-state index contributed by atoms with van der Waals surface area (Å²) in [7, 11) is 0. The van der Waals surface area contributed by atoms with Gasteiger partial charge in [-0.2, -0.15) is 0 Å². The van der Waals surface area contributed by atoms with Gasteiger partial charge in [0, 0.05) is 22.7 Å². The van der Waals surface area contributed by atoms with E-state index in [0.717, 1.165) is 46.4 Å². The van der Waals surface area contributed by atoms with Crippen LogP contribution in [-0.2, 0) is 0 Å². The Kier molecular flexibility index (Phi) is 5.91. The number of carbonyl (C=O) groups excluding carboxylic acids is 1. The minimum absolute atomic E-state index is 0.0227. The maximum absolute atomic E-state index is 12.9. The molecule has 0 atom stereocenters. The molecule has 4 aromatic rings. The number of aromatic nitrogens is 2. The van der Waals surface area contributed by atoms with Gasteiger partial charge in [-0.25, -0.2) is 9.97 Å². The van der Waals surface area contributed by atoms with Crippen LogP contribution in [0.1, 0.15) is 53.6 Å². The van der Waals surface area contributed by atoms with Crippen molar-refractivity contribution < 1.29 is 4.79 Å². The summed E-state index contributed by atoms with van der Waals surface area (Å²) in [5, 5.41) is 3.21. The molecular formula is C29H29N3O. The van der Waals surface area contributed by atoms with E-state index in [0.29, 0.717) is 5.56 Å². The zero-order chi connectivity index (χ0) is 22.8. The Bertz CT molecular complexity index is 1320. The van der Waals surface area contributed by atoms with Gasteiger partial charge in [-0.15, -0.1) is 0 Å². The van der Waals surface area contributed by atoms with Gasteiger partial charge in [0.15, 0.2) is 0 Å². The van der Waals surface area contributed by atoms with Gasteiger partial charge in [0.2, 0.25) is 0 Å². The Morgan fingerprint density at radius 2 is 1.36 bits per heavy atom. The summed E-state index contributed by atoms with van der Waals surface area (Å²) in [4.78, 5) is 23.0. The second-order valence-corrected chi connectivity index (χ2v) is 9.17. The van der Waals surface area contributed by atoms with E-state index in [9.17, 15) is 4.79 Å². The van der Waals surface area contributed by atoms with E-state index in [4.69, 9.17) is 9.97 Å². The quantitative estimate of drug-likeness (QED) is 0.391. The third-order valence-corrected chi connectivity index (χ3v) is 6.45. The molecule has 0 aliphatic heterocycles. The zero-order valence-electron chi connectivity index (χ0n) is 19.3. The van der Waals surface area contributed by atoms with Crippen molar-refractivity contribution in [2.75, 3.05) is 0 Å². The van der Waals surface area contributed by atoms with E-state index in [-0.39, 0.29) is 11.9 Å². The second kappa shape index (κ2) is 9.14. The van der Waals surface area contributed by atoms with Gasteiger partial charge in [0.05, 0.1) is 22.4 Å². The molecule has 1 aliphatic carbocycles.